The summed E-state index contributed by atoms with van der Waals surface area (Å²) in [4.78, 5) is 14.5. The van der Waals surface area contributed by atoms with Gasteiger partial charge in [0.1, 0.15) is 6.33 Å². The summed E-state index contributed by atoms with van der Waals surface area (Å²) < 4.78 is 36.9. The summed E-state index contributed by atoms with van der Waals surface area (Å²) in [5, 5.41) is 4.01. The Kier molecular flexibility index (Phi) is 7.26. The van der Waals surface area contributed by atoms with Gasteiger partial charge in [0.2, 0.25) is 0 Å². The lowest BCUT2D eigenvalue weighted by Crippen LogP contribution is -2.27. The Hall–Kier alpha value is -2.40. The van der Waals surface area contributed by atoms with Crippen molar-refractivity contribution < 1.29 is 13.2 Å². The fourth-order valence-electron chi connectivity index (χ4n) is 2.77. The van der Waals surface area contributed by atoms with Crippen LogP contribution in [0.5, 0.6) is 0 Å². The highest BCUT2D eigenvalue weighted by molar-refractivity contribution is 7.78. The van der Waals surface area contributed by atoms with E-state index in [0.29, 0.717) is 24.9 Å². The third-order valence-corrected chi connectivity index (χ3v) is 6.11. The molecule has 1 aromatic carbocycles. The maximum Gasteiger partial charge on any atom is 0.346 e. The Morgan fingerprint density at radius 2 is 2.03 bits per heavy atom. The summed E-state index contributed by atoms with van der Waals surface area (Å²) >= 11 is -0.483. The molecule has 0 aliphatic heterocycles. The zero-order valence-corrected chi connectivity index (χ0v) is 17.1. The first kappa shape index (κ1) is 21.3. The van der Waals surface area contributed by atoms with Gasteiger partial charge < -0.3 is 10.3 Å². The number of aryl methyl sites for hydroxylation is 2. The van der Waals surface area contributed by atoms with E-state index < -0.39 is 11.1 Å². The Labute approximate surface area is 173 Å². The molecule has 3 rings (SSSR count). The van der Waals surface area contributed by atoms with E-state index in [-0.39, 0.29) is 24.5 Å². The van der Waals surface area contributed by atoms with Crippen molar-refractivity contribution in [3.63, 3.8) is 0 Å². The van der Waals surface area contributed by atoms with E-state index in [0.717, 1.165) is 20.9 Å². The monoisotopic (exact) mass is 435 g/mol. The molecule has 0 fully saturated rings. The minimum atomic E-state index is -2.10. The van der Waals surface area contributed by atoms with Crippen LogP contribution >= 0.6 is 11.3 Å². The summed E-state index contributed by atoms with van der Waals surface area (Å²) in [7, 11) is 0. The lowest BCUT2D eigenvalue weighted by Gasteiger charge is -2.05. The molecule has 154 valence electrons. The maximum absolute atomic E-state index is 12.7. The van der Waals surface area contributed by atoms with Gasteiger partial charge in [-0.15, -0.1) is 11.3 Å². The van der Waals surface area contributed by atoms with Gasteiger partial charge in [-0.3, -0.25) is 8.78 Å². The second-order valence-electron chi connectivity index (χ2n) is 6.40. The van der Waals surface area contributed by atoms with Crippen molar-refractivity contribution in [2.24, 2.45) is 5.73 Å². The van der Waals surface area contributed by atoms with E-state index in [2.05, 4.69) is 5.10 Å². The molecular weight excluding hydrogens is 415 g/mol. The summed E-state index contributed by atoms with van der Waals surface area (Å²) in [6, 6.07) is 11.4. The van der Waals surface area contributed by atoms with Crippen LogP contribution in [0.1, 0.15) is 10.4 Å². The van der Waals surface area contributed by atoms with E-state index in [4.69, 9.17) is 5.73 Å². The number of halogens is 1. The van der Waals surface area contributed by atoms with Gasteiger partial charge in [-0.25, -0.2) is 13.9 Å². The van der Waals surface area contributed by atoms with Crippen molar-refractivity contribution in [2.45, 2.75) is 25.3 Å². The van der Waals surface area contributed by atoms with Crippen molar-refractivity contribution in [3.05, 3.63) is 75.6 Å². The van der Waals surface area contributed by atoms with Crippen LogP contribution in [0.25, 0.3) is 10.4 Å². The molecule has 0 amide bonds. The molecule has 0 saturated heterocycles. The van der Waals surface area contributed by atoms with E-state index in [1.54, 1.807) is 23.5 Å². The average molecular weight is 436 g/mol. The Morgan fingerprint density at radius 1 is 1.28 bits per heavy atom. The van der Waals surface area contributed by atoms with Gasteiger partial charge in [-0.2, -0.15) is 5.10 Å². The molecule has 0 bridgehead atoms. The molecule has 0 aliphatic carbocycles. The van der Waals surface area contributed by atoms with Crippen LogP contribution in [-0.4, -0.2) is 29.7 Å². The van der Waals surface area contributed by atoms with E-state index in [1.165, 1.54) is 15.6 Å². The number of hydrogen-bond acceptors (Lipinski definition) is 6. The number of rotatable bonds is 9. The van der Waals surface area contributed by atoms with Gasteiger partial charge in [0, 0.05) is 28.6 Å². The van der Waals surface area contributed by atoms with Crippen LogP contribution < -0.4 is 11.4 Å². The molecule has 3 aromatic rings. The van der Waals surface area contributed by atoms with Crippen molar-refractivity contribution in [1.29, 1.82) is 0 Å². The molecule has 29 heavy (non-hydrogen) atoms. The number of nitrogens with two attached hydrogens (primary N) is 1. The fourth-order valence-corrected chi connectivity index (χ4v) is 4.24. The summed E-state index contributed by atoms with van der Waals surface area (Å²) in [5.74, 6) is 0.00625. The SMILES string of the molecule is NC/C(=C\F)Cn1ncn(CCc2ccc(-c3ccc(CS(=O)[O-])cc3)s2)c1=O. The highest BCUT2D eigenvalue weighted by Gasteiger charge is 2.09. The third-order valence-electron chi connectivity index (χ3n) is 4.35. The molecule has 0 spiro atoms. The molecule has 0 saturated carbocycles. The molecular formula is C19H20FN4O3S2-. The standard InChI is InChI=1S/C19H21FN4O3S2/c20-9-15(10-21)11-24-19(25)23(13-22-24)8-7-17-5-6-18(28-17)16-3-1-14(2-4-16)12-29(26)27/h1-6,9,13H,7-8,10-12,21H2,(H,26,27)/p-1/b15-9+. The molecule has 2 aromatic heterocycles. The maximum atomic E-state index is 12.7. The highest BCUT2D eigenvalue weighted by Crippen LogP contribution is 2.29. The normalized spacial score (nSPS) is 13.0. The zero-order chi connectivity index (χ0) is 20.8. The van der Waals surface area contributed by atoms with E-state index in [1.807, 2.05) is 24.3 Å². The van der Waals surface area contributed by atoms with Gasteiger partial charge in [0.25, 0.3) is 0 Å². The van der Waals surface area contributed by atoms with Gasteiger partial charge in [0.15, 0.2) is 0 Å². The Morgan fingerprint density at radius 3 is 2.69 bits per heavy atom. The smallest absolute Gasteiger partial charge is 0.346 e. The molecule has 0 aliphatic rings. The number of nitrogens with zero attached hydrogens (tertiary/aromatic N) is 3. The topological polar surface area (TPSA) is 106 Å². The van der Waals surface area contributed by atoms with Crippen LogP contribution in [0, 0.1) is 0 Å². The molecule has 0 radical (unpaired) electrons. The fraction of sp³-hybridized carbons (Fsp3) is 0.263. The second kappa shape index (κ2) is 9.88. The summed E-state index contributed by atoms with van der Waals surface area (Å²) in [6.07, 6.45) is 2.51. The number of hydrogen-bond donors (Lipinski definition) is 1. The van der Waals surface area contributed by atoms with Crippen LogP contribution in [0.4, 0.5) is 4.39 Å². The molecule has 1 atom stereocenters. The third kappa shape index (κ3) is 5.57. The van der Waals surface area contributed by atoms with Crippen molar-refractivity contribution in [2.75, 3.05) is 6.54 Å². The Balaban J connectivity index is 1.63. The zero-order valence-electron chi connectivity index (χ0n) is 15.5. The van der Waals surface area contributed by atoms with Crippen LogP contribution in [0.2, 0.25) is 0 Å². The number of thiophene rings is 1. The summed E-state index contributed by atoms with van der Waals surface area (Å²) in [5.41, 5.74) is 7.17. The second-order valence-corrected chi connectivity index (χ2v) is 8.46. The van der Waals surface area contributed by atoms with Crippen molar-refractivity contribution in [3.8, 4) is 10.4 Å². The molecule has 2 heterocycles. The minimum absolute atomic E-state index is 0.00625. The number of aromatic nitrogens is 3. The van der Waals surface area contributed by atoms with Gasteiger partial charge in [0.05, 0.1) is 12.9 Å². The molecule has 1 unspecified atom stereocenters. The molecule has 7 nitrogen and oxygen atoms in total. The molecule has 10 heteroatoms. The highest BCUT2D eigenvalue weighted by atomic mass is 32.2. The predicted octanol–water partition coefficient (Wildman–Crippen LogP) is 2.21. The van der Waals surface area contributed by atoms with E-state index >= 15 is 0 Å². The van der Waals surface area contributed by atoms with Crippen LogP contribution in [0.15, 0.2) is 59.4 Å². The van der Waals surface area contributed by atoms with Crippen molar-refractivity contribution >= 4 is 22.4 Å². The Bertz CT molecular complexity index is 1070. The number of benzene rings is 1. The first-order chi connectivity index (χ1) is 14.0. The lowest BCUT2D eigenvalue weighted by molar-refractivity contribution is 0.536. The van der Waals surface area contributed by atoms with Crippen LogP contribution in [0.3, 0.4) is 0 Å². The first-order valence-corrected chi connectivity index (χ1v) is 10.9. The van der Waals surface area contributed by atoms with Gasteiger partial charge in [-0.1, -0.05) is 35.3 Å². The minimum Gasteiger partial charge on any atom is -0.772 e. The van der Waals surface area contributed by atoms with Crippen molar-refractivity contribution in [1.82, 2.24) is 14.3 Å². The first-order valence-electron chi connectivity index (χ1n) is 8.84. The summed E-state index contributed by atoms with van der Waals surface area (Å²) in [6.45, 7) is 0.533. The van der Waals surface area contributed by atoms with Crippen LogP contribution in [-0.2, 0) is 36.3 Å². The largest absolute Gasteiger partial charge is 0.772 e. The van der Waals surface area contributed by atoms with Gasteiger partial charge in [-0.05, 0) is 35.3 Å². The van der Waals surface area contributed by atoms with E-state index in [9.17, 15) is 17.9 Å². The lowest BCUT2D eigenvalue weighted by atomic mass is 10.1. The predicted molar refractivity (Wildman–Crippen MR) is 111 cm³/mol. The van der Waals surface area contributed by atoms with Gasteiger partial charge >= 0.3 is 5.69 Å². The average Bonchev–Trinajstić information content (AvgIpc) is 3.32. The quantitative estimate of drug-likeness (QED) is 0.519. The molecule has 2 N–H and O–H groups in total.